The first-order valence-corrected chi connectivity index (χ1v) is 14.4. The third kappa shape index (κ3) is 9.42. The van der Waals surface area contributed by atoms with Crippen molar-refractivity contribution in [2.24, 2.45) is 11.8 Å². The maximum Gasteiger partial charge on any atom is 0.358 e. The van der Waals surface area contributed by atoms with Gasteiger partial charge in [0.1, 0.15) is 26.6 Å². The SMILES string of the molecule is COC(=O)c1csc(C(OC(=O)[C@H](C)[C@H](CCCC(C)(Cl)Cl)OC(=O)c2csc([C@H](O)CO)n2)C(C)C)n1. The number of carbonyl (C=O) groups excluding carboxylic acids is 3. The Balaban J connectivity index is 2.20. The van der Waals surface area contributed by atoms with Crippen molar-refractivity contribution < 1.29 is 38.8 Å². The van der Waals surface area contributed by atoms with E-state index in [1.54, 1.807) is 13.8 Å². The zero-order valence-electron chi connectivity index (χ0n) is 21.7. The third-order valence-corrected chi connectivity index (χ3v) is 7.72. The van der Waals surface area contributed by atoms with E-state index in [-0.39, 0.29) is 28.7 Å². The van der Waals surface area contributed by atoms with Crippen molar-refractivity contribution in [1.29, 1.82) is 0 Å². The molecule has 0 saturated carbocycles. The predicted octanol–water partition coefficient (Wildman–Crippen LogP) is 4.88. The number of nitrogens with zero attached hydrogens (tertiary/aromatic N) is 2. The molecule has 0 aliphatic carbocycles. The van der Waals surface area contributed by atoms with Crippen LogP contribution in [0.1, 0.15) is 90.2 Å². The van der Waals surface area contributed by atoms with E-state index in [0.717, 1.165) is 11.3 Å². The number of esters is 3. The van der Waals surface area contributed by atoms with Crippen LogP contribution in [0.5, 0.6) is 0 Å². The molecular formula is C24H32Cl2N2O8S2. The summed E-state index contributed by atoms with van der Waals surface area (Å²) in [5.74, 6) is -3.04. The summed E-state index contributed by atoms with van der Waals surface area (Å²) in [5, 5.41) is 22.4. The summed E-state index contributed by atoms with van der Waals surface area (Å²) in [6.45, 7) is 6.38. The average Bonchev–Trinajstić information content (AvgIpc) is 3.54. The molecule has 2 rings (SSSR count). The molecule has 0 radical (unpaired) electrons. The second-order valence-corrected chi connectivity index (χ2v) is 12.8. The number of aliphatic hydroxyl groups excluding tert-OH is 2. The van der Waals surface area contributed by atoms with Gasteiger partial charge in [0, 0.05) is 10.8 Å². The number of aliphatic hydroxyl groups is 2. The highest BCUT2D eigenvalue weighted by Gasteiger charge is 2.34. The van der Waals surface area contributed by atoms with Gasteiger partial charge in [0.15, 0.2) is 17.5 Å². The second-order valence-electron chi connectivity index (χ2n) is 9.13. The van der Waals surface area contributed by atoms with Gasteiger partial charge in [-0.15, -0.1) is 45.9 Å². The molecule has 38 heavy (non-hydrogen) atoms. The number of hydrogen-bond acceptors (Lipinski definition) is 12. The summed E-state index contributed by atoms with van der Waals surface area (Å²) in [5.41, 5.74) is 0.0639. The lowest BCUT2D eigenvalue weighted by molar-refractivity contribution is -0.160. The van der Waals surface area contributed by atoms with Crippen LogP contribution in [-0.2, 0) is 19.0 Å². The van der Waals surface area contributed by atoms with E-state index in [0.29, 0.717) is 17.8 Å². The lowest BCUT2D eigenvalue weighted by Crippen LogP contribution is -2.33. The van der Waals surface area contributed by atoms with Crippen molar-refractivity contribution in [1.82, 2.24) is 9.97 Å². The Bertz CT molecular complexity index is 1090. The first-order valence-electron chi connectivity index (χ1n) is 11.8. The van der Waals surface area contributed by atoms with Gasteiger partial charge in [-0.25, -0.2) is 19.6 Å². The first kappa shape index (κ1) is 32.4. The molecule has 2 heterocycles. The van der Waals surface area contributed by atoms with Crippen molar-refractivity contribution in [3.8, 4) is 0 Å². The standard InChI is InChI=1S/C24H32Cl2N2O8S2/c1-12(2)18(20-28-14(10-38-20)22(32)34-5)36-21(31)13(3)17(7-6-8-24(4,25)26)35-23(33)15-11-37-19(27-15)16(30)9-29/h10-13,16-18,29-30H,6-9H2,1-5H3/t13-,16-,17+,18?/m1/s1. The van der Waals surface area contributed by atoms with Gasteiger partial charge in [-0.1, -0.05) is 13.8 Å². The number of hydrogen-bond donors (Lipinski definition) is 2. The summed E-state index contributed by atoms with van der Waals surface area (Å²) in [7, 11) is 1.25. The van der Waals surface area contributed by atoms with Gasteiger partial charge in [0.25, 0.3) is 0 Å². The molecule has 1 unspecified atom stereocenters. The highest BCUT2D eigenvalue weighted by atomic mass is 35.5. The quantitative estimate of drug-likeness (QED) is 0.172. The molecule has 0 spiro atoms. The molecule has 0 aliphatic rings. The van der Waals surface area contributed by atoms with E-state index in [9.17, 15) is 19.5 Å². The fourth-order valence-electron chi connectivity index (χ4n) is 3.31. The van der Waals surface area contributed by atoms with Gasteiger partial charge >= 0.3 is 17.9 Å². The molecule has 0 fully saturated rings. The summed E-state index contributed by atoms with van der Waals surface area (Å²) in [6, 6.07) is 0. The minimum atomic E-state index is -1.21. The van der Waals surface area contributed by atoms with Crippen molar-refractivity contribution in [2.45, 2.75) is 69.6 Å². The summed E-state index contributed by atoms with van der Waals surface area (Å²) < 4.78 is 15.2. The number of methoxy groups -OCH3 is 1. The largest absolute Gasteiger partial charge is 0.464 e. The average molecular weight is 612 g/mol. The fraction of sp³-hybridized carbons (Fsp3) is 0.625. The Morgan fingerprint density at radius 3 is 2.16 bits per heavy atom. The van der Waals surface area contributed by atoms with Crippen LogP contribution in [0.3, 0.4) is 0 Å². The van der Waals surface area contributed by atoms with Gasteiger partial charge in [-0.05, 0) is 39.0 Å². The van der Waals surface area contributed by atoms with Crippen molar-refractivity contribution in [3.63, 3.8) is 0 Å². The fourth-order valence-corrected chi connectivity index (χ4v) is 5.33. The molecule has 14 heteroatoms. The molecule has 0 bridgehead atoms. The maximum atomic E-state index is 13.2. The first-order chi connectivity index (χ1) is 17.8. The van der Waals surface area contributed by atoms with E-state index >= 15 is 0 Å². The summed E-state index contributed by atoms with van der Waals surface area (Å²) in [4.78, 5) is 46.1. The van der Waals surface area contributed by atoms with Gasteiger partial charge in [0.05, 0.1) is 19.6 Å². The van der Waals surface area contributed by atoms with E-state index < -0.39 is 53.1 Å². The zero-order valence-corrected chi connectivity index (χ0v) is 24.8. The van der Waals surface area contributed by atoms with Crippen LogP contribution >= 0.6 is 45.9 Å². The van der Waals surface area contributed by atoms with E-state index in [1.165, 1.54) is 29.2 Å². The number of alkyl halides is 2. The second kappa shape index (κ2) is 14.5. The van der Waals surface area contributed by atoms with Crippen LogP contribution < -0.4 is 0 Å². The monoisotopic (exact) mass is 610 g/mol. The van der Waals surface area contributed by atoms with Gasteiger partial charge in [0.2, 0.25) is 0 Å². The number of thiazole rings is 2. The van der Waals surface area contributed by atoms with Gasteiger partial charge in [-0.2, -0.15) is 0 Å². The Hall–Kier alpha value is -1.83. The molecular weight excluding hydrogens is 579 g/mol. The Kier molecular flexibility index (Phi) is 12.4. The highest BCUT2D eigenvalue weighted by molar-refractivity contribution is 7.10. The number of aromatic nitrogens is 2. The van der Waals surface area contributed by atoms with Crippen molar-refractivity contribution >= 4 is 63.8 Å². The maximum absolute atomic E-state index is 13.2. The zero-order chi connectivity index (χ0) is 28.6. The Labute approximate surface area is 239 Å². The smallest absolute Gasteiger partial charge is 0.358 e. The van der Waals surface area contributed by atoms with Crippen molar-refractivity contribution in [2.75, 3.05) is 13.7 Å². The minimum Gasteiger partial charge on any atom is -0.464 e. The lowest BCUT2D eigenvalue weighted by Gasteiger charge is -2.26. The van der Waals surface area contributed by atoms with Crippen LogP contribution in [0.15, 0.2) is 10.8 Å². The normalized spacial score (nSPS) is 15.0. The number of ether oxygens (including phenoxy) is 3. The molecule has 4 atom stereocenters. The number of rotatable bonds is 14. The molecule has 10 nitrogen and oxygen atoms in total. The highest BCUT2D eigenvalue weighted by Crippen LogP contribution is 2.32. The van der Waals surface area contributed by atoms with Crippen LogP contribution in [-0.4, -0.2) is 62.2 Å². The molecule has 0 aromatic carbocycles. The molecule has 2 N–H and O–H groups in total. The summed E-state index contributed by atoms with van der Waals surface area (Å²) in [6.07, 6.45) is -1.74. The van der Waals surface area contributed by atoms with Crippen LogP contribution in [0.4, 0.5) is 0 Å². The predicted molar refractivity (Wildman–Crippen MR) is 144 cm³/mol. The topological polar surface area (TPSA) is 145 Å². The van der Waals surface area contributed by atoms with Gasteiger partial charge < -0.3 is 24.4 Å². The van der Waals surface area contributed by atoms with E-state index in [2.05, 4.69) is 9.97 Å². The van der Waals surface area contributed by atoms with Gasteiger partial charge in [-0.3, -0.25) is 4.79 Å². The van der Waals surface area contributed by atoms with Crippen LogP contribution in [0.25, 0.3) is 0 Å². The van der Waals surface area contributed by atoms with Crippen LogP contribution in [0.2, 0.25) is 0 Å². The molecule has 0 saturated heterocycles. The third-order valence-electron chi connectivity index (χ3n) is 5.49. The lowest BCUT2D eigenvalue weighted by atomic mass is 9.98. The Morgan fingerprint density at radius 2 is 1.61 bits per heavy atom. The summed E-state index contributed by atoms with van der Waals surface area (Å²) >= 11 is 14.3. The molecule has 0 amide bonds. The van der Waals surface area contributed by atoms with Crippen molar-refractivity contribution in [3.05, 3.63) is 32.2 Å². The van der Waals surface area contributed by atoms with E-state index in [1.807, 2.05) is 13.8 Å². The molecule has 2 aromatic rings. The molecule has 212 valence electrons. The Morgan fingerprint density at radius 1 is 1.03 bits per heavy atom. The minimum absolute atomic E-state index is 0.0548. The van der Waals surface area contributed by atoms with E-state index in [4.69, 9.17) is 42.5 Å². The number of halogens is 2. The molecule has 0 aliphatic heterocycles. The number of carbonyl (C=O) groups is 3. The molecule has 2 aromatic heterocycles. The van der Waals surface area contributed by atoms with Crippen LogP contribution in [0, 0.1) is 11.8 Å².